The topological polar surface area (TPSA) is 96.2 Å². The molecule has 17 unspecified atom stereocenters. The average Bonchev–Trinajstić information content (AvgIpc) is 3.94. The zero-order valence-corrected chi connectivity index (χ0v) is 34.6. The Morgan fingerprint density at radius 1 is 0.296 bits per heavy atom. The van der Waals surface area contributed by atoms with Gasteiger partial charge < -0.3 is 0 Å². The van der Waals surface area contributed by atoms with Crippen LogP contribution in [0.25, 0.3) is 0 Å². The first-order valence-electron chi connectivity index (χ1n) is 24.8. The third kappa shape index (κ3) is 8.54. The number of nitrogens with one attached hydrogen (secondary N) is 8. The van der Waals surface area contributed by atoms with Crippen molar-refractivity contribution in [2.45, 2.75) is 236 Å². The van der Waals surface area contributed by atoms with Gasteiger partial charge in [0.15, 0.2) is 0 Å². The van der Waals surface area contributed by atoms with Gasteiger partial charge in [-0.2, -0.15) is 0 Å². The molecule has 8 bridgehead atoms. The monoisotopic (exact) mass is 749 g/mol. The zero-order valence-electron chi connectivity index (χ0n) is 34.6. The molecule has 9 aliphatic rings. The summed E-state index contributed by atoms with van der Waals surface area (Å²) in [5.74, 6) is 6.72. The molecule has 8 nitrogen and oxygen atoms in total. The molecular formula is C46H84N8. The van der Waals surface area contributed by atoms with Gasteiger partial charge in [-0.3, -0.25) is 42.5 Å². The van der Waals surface area contributed by atoms with E-state index < -0.39 is 0 Å². The fourth-order valence-corrected chi connectivity index (χ4v) is 14.8. The van der Waals surface area contributed by atoms with Crippen LogP contribution >= 0.6 is 0 Å². The van der Waals surface area contributed by atoms with Crippen molar-refractivity contribution in [3.63, 3.8) is 0 Å². The predicted octanol–water partition coefficient (Wildman–Crippen LogP) is 7.92. The van der Waals surface area contributed by atoms with Crippen molar-refractivity contribution in [1.82, 2.24) is 42.5 Å². The largest absolute Gasteiger partial charge is 0.286 e. The van der Waals surface area contributed by atoms with Gasteiger partial charge in [0.05, 0.1) is 49.3 Å². The van der Waals surface area contributed by atoms with Crippen molar-refractivity contribution >= 4 is 0 Å². The Balaban J connectivity index is 0.893. The van der Waals surface area contributed by atoms with Crippen LogP contribution in [0.3, 0.4) is 0 Å². The highest BCUT2D eigenvalue weighted by Gasteiger charge is 2.55. The normalized spacial score (nSPS) is 47.2. The maximum Gasteiger partial charge on any atom is 0.0631 e. The fraction of sp³-hybridized carbons (Fsp3) is 1.00. The van der Waals surface area contributed by atoms with Crippen LogP contribution in [-0.4, -0.2) is 49.3 Å². The lowest BCUT2D eigenvalue weighted by molar-refractivity contribution is 0.115. The van der Waals surface area contributed by atoms with Crippen molar-refractivity contribution in [2.75, 3.05) is 0 Å². The molecule has 5 saturated heterocycles. The van der Waals surface area contributed by atoms with Crippen molar-refractivity contribution in [3.05, 3.63) is 0 Å². The summed E-state index contributed by atoms with van der Waals surface area (Å²) in [6, 6.07) is 0. The van der Waals surface area contributed by atoms with Crippen LogP contribution in [0.4, 0.5) is 0 Å². The maximum atomic E-state index is 4.44. The minimum absolute atomic E-state index is 0.399. The van der Waals surface area contributed by atoms with Crippen LogP contribution in [-0.2, 0) is 0 Å². The molecule has 0 aromatic carbocycles. The molecule has 8 N–H and O–H groups in total. The summed E-state index contributed by atoms with van der Waals surface area (Å²) >= 11 is 0. The van der Waals surface area contributed by atoms with Gasteiger partial charge in [0.1, 0.15) is 0 Å². The Morgan fingerprint density at radius 2 is 0.593 bits per heavy atom. The van der Waals surface area contributed by atoms with Gasteiger partial charge in [-0.1, -0.05) is 142 Å². The molecule has 4 aliphatic carbocycles. The van der Waals surface area contributed by atoms with Gasteiger partial charge in [-0.15, -0.1) is 0 Å². The molecule has 0 aromatic heterocycles. The second-order valence-corrected chi connectivity index (χ2v) is 20.6. The Kier molecular flexibility index (Phi) is 13.6. The summed E-state index contributed by atoms with van der Waals surface area (Å²) in [5.41, 5.74) is 0. The van der Waals surface area contributed by atoms with Crippen LogP contribution in [0.5, 0.6) is 0 Å². The van der Waals surface area contributed by atoms with Gasteiger partial charge >= 0.3 is 0 Å². The third-order valence-electron chi connectivity index (χ3n) is 17.5. The van der Waals surface area contributed by atoms with E-state index in [1.807, 2.05) is 0 Å². The first-order chi connectivity index (χ1) is 26.7. The lowest BCUT2D eigenvalue weighted by Crippen LogP contribution is -2.61. The molecule has 0 amide bonds. The second kappa shape index (κ2) is 18.7. The van der Waals surface area contributed by atoms with Gasteiger partial charge in [-0.05, 0) is 98.2 Å². The van der Waals surface area contributed by atoms with Crippen LogP contribution < -0.4 is 42.5 Å². The third-order valence-corrected chi connectivity index (χ3v) is 17.5. The molecule has 9 rings (SSSR count). The quantitative estimate of drug-likeness (QED) is 0.0902. The first-order valence-corrected chi connectivity index (χ1v) is 24.8. The lowest BCUT2D eigenvalue weighted by Gasteiger charge is -2.39. The van der Waals surface area contributed by atoms with E-state index in [0.717, 1.165) is 53.3 Å². The molecular weight excluding hydrogens is 665 g/mol. The Bertz CT molecular complexity index is 1150. The highest BCUT2D eigenvalue weighted by atomic mass is 15.4. The zero-order chi connectivity index (χ0) is 36.3. The smallest absolute Gasteiger partial charge is 0.0631 e. The van der Waals surface area contributed by atoms with E-state index in [0.29, 0.717) is 49.3 Å². The Hall–Kier alpha value is -0.320. The van der Waals surface area contributed by atoms with Crippen molar-refractivity contribution in [1.29, 1.82) is 0 Å². The highest BCUT2D eigenvalue weighted by molar-refractivity contribution is 5.09. The molecule has 17 atom stereocenters. The van der Waals surface area contributed by atoms with Crippen LogP contribution in [0.15, 0.2) is 0 Å². The summed E-state index contributed by atoms with van der Waals surface area (Å²) in [7, 11) is 0. The molecule has 0 spiro atoms. The van der Waals surface area contributed by atoms with E-state index in [-0.39, 0.29) is 0 Å². The molecule has 5 heterocycles. The van der Waals surface area contributed by atoms with Crippen molar-refractivity contribution in [2.24, 2.45) is 53.3 Å². The summed E-state index contributed by atoms with van der Waals surface area (Å²) in [5, 5.41) is 34.7. The molecule has 4 saturated carbocycles. The van der Waals surface area contributed by atoms with E-state index >= 15 is 0 Å². The van der Waals surface area contributed by atoms with E-state index in [2.05, 4.69) is 49.5 Å². The molecule has 8 heteroatoms. The Labute approximate surface area is 331 Å². The van der Waals surface area contributed by atoms with Crippen LogP contribution in [0, 0.1) is 53.3 Å². The van der Waals surface area contributed by atoms with Crippen molar-refractivity contribution in [3.8, 4) is 0 Å². The van der Waals surface area contributed by atoms with E-state index in [9.17, 15) is 0 Å². The summed E-state index contributed by atoms with van der Waals surface area (Å²) in [6.45, 7) is 2.32. The number of rotatable bonds is 13. The molecule has 0 radical (unpaired) electrons. The molecule has 5 aliphatic heterocycles. The predicted molar refractivity (Wildman–Crippen MR) is 222 cm³/mol. The summed E-state index contributed by atoms with van der Waals surface area (Å²) in [6.07, 6.45) is 43.0. The minimum Gasteiger partial charge on any atom is -0.286 e. The average molecular weight is 749 g/mol. The number of fused-ring (bicyclic) bond motifs is 20. The van der Waals surface area contributed by atoms with Gasteiger partial charge in [0.25, 0.3) is 0 Å². The van der Waals surface area contributed by atoms with Gasteiger partial charge in [-0.25, -0.2) is 0 Å². The lowest BCUT2D eigenvalue weighted by atomic mass is 9.69. The number of hydrogen-bond acceptors (Lipinski definition) is 8. The SMILES string of the molecule is CCCCCCCCCCCCCCC1CCCC2C3NC4NC(NC5NC(NC6NC(NC(N3)C12)C1CCCCC61)C1CCCCC51)C1CCCCC41. The summed E-state index contributed by atoms with van der Waals surface area (Å²) < 4.78 is 0. The van der Waals surface area contributed by atoms with Gasteiger partial charge in [0, 0.05) is 0 Å². The molecule has 54 heavy (non-hydrogen) atoms. The minimum atomic E-state index is 0.399. The van der Waals surface area contributed by atoms with E-state index in [1.54, 1.807) is 0 Å². The number of unbranched alkanes of at least 4 members (excludes halogenated alkanes) is 11. The summed E-state index contributed by atoms with van der Waals surface area (Å²) in [4.78, 5) is 0. The standard InChI is InChI=1S/C46H84N8/c1-2-3-4-5-6-7-8-9-10-11-12-13-21-30-22-20-29-37-38(30)46-53-44-36-28-19-18-27-35(36)42(51-44)49-40-32-24-15-14-23-31(32)39(47-40)48-41-33-25-16-17-26-34(33)43(50-41)52-45(37)54-46/h30-54H,2-29H2,1H3. The Morgan fingerprint density at radius 3 is 0.963 bits per heavy atom. The molecule has 308 valence electrons. The molecule has 0 aromatic rings. The van der Waals surface area contributed by atoms with Crippen LogP contribution in [0.1, 0.15) is 187 Å². The van der Waals surface area contributed by atoms with Crippen molar-refractivity contribution < 1.29 is 0 Å². The fourth-order valence-electron chi connectivity index (χ4n) is 14.8. The second-order valence-electron chi connectivity index (χ2n) is 20.6. The van der Waals surface area contributed by atoms with Crippen LogP contribution in [0.2, 0.25) is 0 Å². The van der Waals surface area contributed by atoms with E-state index in [4.69, 9.17) is 0 Å². The van der Waals surface area contributed by atoms with E-state index in [1.165, 1.54) is 180 Å². The number of hydrogen-bond donors (Lipinski definition) is 8. The molecule has 9 fully saturated rings. The van der Waals surface area contributed by atoms with Gasteiger partial charge in [0.2, 0.25) is 0 Å². The maximum absolute atomic E-state index is 4.44. The first kappa shape index (κ1) is 39.2. The highest BCUT2D eigenvalue weighted by Crippen LogP contribution is 2.47.